The van der Waals surface area contributed by atoms with E-state index < -0.39 is 0 Å². The number of hydrogen-bond donors (Lipinski definition) is 1. The molecule has 322 valence electrons. The van der Waals surface area contributed by atoms with Crippen LogP contribution < -0.4 is 5.32 Å². The minimum Gasteiger partial charge on any atom is -0.374 e. The van der Waals surface area contributed by atoms with Crippen molar-refractivity contribution < 1.29 is 4.74 Å². The van der Waals surface area contributed by atoms with Gasteiger partial charge in [-0.2, -0.15) is 5.26 Å². The molecule has 0 aromatic heterocycles. The standard InChI is InChI=1S/C54H75N5O/c1-54(2)41-23-9-13-27-45(41)59(46-28-14-10-24-42(46)54)48-32-47(58-43-25-11-6-19-36(43)37-20-7-12-26-44(37)58)34(33-55)31-40(48)53-56-52(57(53)35-17-4-3-5-18-35)39-22-16-30-50-51(39)38-21-8-15-29-49(38)60-50/h8-11,15,23-25,34-36,38-41,43,45,47-53,56H,3-7,12-14,16-22,26-32H2,1-2H3. The van der Waals surface area contributed by atoms with E-state index in [2.05, 4.69) is 88.5 Å². The number of allylic oxidation sites excluding steroid dienone is 8. The number of fused-ring (bicyclic) bond motifs is 6. The second-order valence-corrected chi connectivity index (χ2v) is 22.5. The van der Waals surface area contributed by atoms with Crippen molar-refractivity contribution >= 4 is 0 Å². The summed E-state index contributed by atoms with van der Waals surface area (Å²) in [6.07, 6.45) is 49.4. The fraction of sp³-hybridized carbons (Fsp3) is 0.759. The predicted octanol–water partition coefficient (Wildman–Crippen LogP) is 11.1. The van der Waals surface area contributed by atoms with Crippen molar-refractivity contribution in [2.45, 2.75) is 210 Å². The molecule has 60 heavy (non-hydrogen) atoms. The molecule has 0 amide bonds. The first kappa shape index (κ1) is 39.0. The Morgan fingerprint density at radius 1 is 0.683 bits per heavy atom. The van der Waals surface area contributed by atoms with Crippen LogP contribution in [0.5, 0.6) is 0 Å². The number of hydrogen-bond acceptors (Lipinski definition) is 6. The molecule has 0 bridgehead atoms. The molecule has 1 N–H and O–H groups in total. The monoisotopic (exact) mass is 810 g/mol. The maximum atomic E-state index is 11.5. The normalized spacial score (nSPS) is 45.9. The van der Waals surface area contributed by atoms with Gasteiger partial charge in [0, 0.05) is 53.3 Å². The predicted molar refractivity (Wildman–Crippen MR) is 240 cm³/mol. The van der Waals surface area contributed by atoms with E-state index in [4.69, 9.17) is 4.74 Å². The molecule has 5 fully saturated rings. The second kappa shape index (κ2) is 15.6. The van der Waals surface area contributed by atoms with Crippen molar-refractivity contribution in [3.8, 4) is 6.07 Å². The zero-order valence-electron chi connectivity index (χ0n) is 37.1. The molecular formula is C54H75N5O. The highest BCUT2D eigenvalue weighted by Crippen LogP contribution is 2.58. The van der Waals surface area contributed by atoms with Crippen molar-refractivity contribution in [1.82, 2.24) is 20.0 Å². The Bertz CT molecular complexity index is 1890. The Hall–Kier alpha value is -2.59. The van der Waals surface area contributed by atoms with Gasteiger partial charge in [-0.3, -0.25) is 10.2 Å². The molecule has 4 aliphatic heterocycles. The van der Waals surface area contributed by atoms with Crippen LogP contribution in [-0.2, 0) is 4.74 Å². The summed E-state index contributed by atoms with van der Waals surface area (Å²) in [5, 5.41) is 16.1. The maximum Gasteiger partial charge on any atom is 0.0677 e. The zero-order chi connectivity index (χ0) is 40.1. The maximum absolute atomic E-state index is 11.5. The Balaban J connectivity index is 0.958. The fourth-order valence-electron chi connectivity index (χ4n) is 17.1. The van der Waals surface area contributed by atoms with E-state index in [-0.39, 0.29) is 17.4 Å². The Morgan fingerprint density at radius 2 is 1.52 bits per heavy atom. The van der Waals surface area contributed by atoms with Crippen LogP contribution in [0.2, 0.25) is 0 Å². The van der Waals surface area contributed by atoms with E-state index in [9.17, 15) is 5.26 Å². The van der Waals surface area contributed by atoms with E-state index in [1.165, 1.54) is 116 Å². The highest BCUT2D eigenvalue weighted by molar-refractivity contribution is 5.41. The SMILES string of the molecule is CC1(C)C2=C(CCC=C2)N(C2CC(N3C4=C(CCCC4)C4CCC=CC43)C(C#N)CC2C2NC(C3CCCC4OC5CC=CCC5C43)N2C2CCCCC2)C2CCC=CC21. The third-order valence-corrected chi connectivity index (χ3v) is 19.5. The average Bonchev–Trinajstić information content (AvgIpc) is 3.83. The molecule has 15 unspecified atom stereocenters. The molecule has 12 rings (SSSR count). The first-order chi connectivity index (χ1) is 29.5. The van der Waals surface area contributed by atoms with Gasteiger partial charge in [0.1, 0.15) is 0 Å². The molecule has 2 saturated heterocycles. The molecule has 8 aliphatic carbocycles. The van der Waals surface area contributed by atoms with Gasteiger partial charge < -0.3 is 14.5 Å². The van der Waals surface area contributed by atoms with Crippen LogP contribution in [0.1, 0.15) is 155 Å². The Kier molecular flexibility index (Phi) is 10.1. The van der Waals surface area contributed by atoms with Crippen molar-refractivity contribution in [3.05, 3.63) is 71.1 Å². The second-order valence-electron chi connectivity index (χ2n) is 22.5. The lowest BCUT2D eigenvalue weighted by molar-refractivity contribution is -0.166. The highest BCUT2D eigenvalue weighted by atomic mass is 16.5. The number of nitrogens with one attached hydrogen (secondary N) is 1. The van der Waals surface area contributed by atoms with E-state index >= 15 is 0 Å². The third-order valence-electron chi connectivity index (χ3n) is 19.5. The van der Waals surface area contributed by atoms with Crippen molar-refractivity contribution in [3.63, 3.8) is 0 Å². The number of nitrogens with zero attached hydrogens (tertiary/aromatic N) is 4. The van der Waals surface area contributed by atoms with Crippen LogP contribution in [0.3, 0.4) is 0 Å². The molecule has 6 heteroatoms. The molecule has 6 nitrogen and oxygen atoms in total. The van der Waals surface area contributed by atoms with Crippen LogP contribution in [0.15, 0.2) is 71.1 Å². The van der Waals surface area contributed by atoms with Crippen LogP contribution in [0, 0.1) is 58.2 Å². The van der Waals surface area contributed by atoms with Gasteiger partial charge >= 0.3 is 0 Å². The van der Waals surface area contributed by atoms with Gasteiger partial charge in [0.05, 0.1) is 42.6 Å². The number of nitriles is 1. The molecule has 0 radical (unpaired) electrons. The van der Waals surface area contributed by atoms with Crippen molar-refractivity contribution in [2.24, 2.45) is 46.8 Å². The molecule has 15 atom stereocenters. The van der Waals surface area contributed by atoms with Crippen LogP contribution >= 0.6 is 0 Å². The van der Waals surface area contributed by atoms with Gasteiger partial charge in [0.15, 0.2) is 0 Å². The molecule has 0 aromatic carbocycles. The molecule has 0 spiro atoms. The topological polar surface area (TPSA) is 54.8 Å². The van der Waals surface area contributed by atoms with Gasteiger partial charge in [0.2, 0.25) is 0 Å². The average molecular weight is 810 g/mol. The molecule has 12 aliphatic rings. The van der Waals surface area contributed by atoms with Gasteiger partial charge in [-0.05, 0) is 150 Å². The van der Waals surface area contributed by atoms with Gasteiger partial charge in [0.25, 0.3) is 0 Å². The Morgan fingerprint density at radius 3 is 2.42 bits per heavy atom. The summed E-state index contributed by atoms with van der Waals surface area (Å²) >= 11 is 0. The summed E-state index contributed by atoms with van der Waals surface area (Å²) in [5.74, 6) is 3.65. The van der Waals surface area contributed by atoms with Gasteiger partial charge in [-0.25, -0.2) is 0 Å². The first-order valence-electron chi connectivity index (χ1n) is 25.8. The van der Waals surface area contributed by atoms with Crippen molar-refractivity contribution in [1.29, 1.82) is 5.26 Å². The zero-order valence-corrected chi connectivity index (χ0v) is 37.1. The highest BCUT2D eigenvalue weighted by Gasteiger charge is 2.61. The lowest BCUT2D eigenvalue weighted by Gasteiger charge is -2.65. The summed E-state index contributed by atoms with van der Waals surface area (Å²) < 4.78 is 6.95. The minimum atomic E-state index is 0.0464. The molecule has 0 aromatic rings. The molecular weight excluding hydrogens is 735 g/mol. The van der Waals surface area contributed by atoms with Gasteiger partial charge in [-0.1, -0.05) is 88.1 Å². The summed E-state index contributed by atoms with van der Waals surface area (Å²) in [5.41, 5.74) is 6.88. The van der Waals surface area contributed by atoms with E-state index in [1.54, 1.807) is 22.5 Å². The van der Waals surface area contributed by atoms with Crippen LogP contribution in [0.4, 0.5) is 0 Å². The van der Waals surface area contributed by atoms with Gasteiger partial charge in [-0.15, -0.1) is 0 Å². The lowest BCUT2D eigenvalue weighted by atomic mass is 9.61. The van der Waals surface area contributed by atoms with E-state index in [0.717, 1.165) is 25.7 Å². The van der Waals surface area contributed by atoms with E-state index in [0.29, 0.717) is 84.2 Å². The van der Waals surface area contributed by atoms with E-state index in [1.807, 2.05) is 0 Å². The van der Waals surface area contributed by atoms with Crippen molar-refractivity contribution in [2.75, 3.05) is 0 Å². The summed E-state index contributed by atoms with van der Waals surface area (Å²) in [6.45, 7) is 5.12. The first-order valence-corrected chi connectivity index (χ1v) is 25.8. The number of ether oxygens (including phenoxy) is 1. The smallest absolute Gasteiger partial charge is 0.0677 e. The summed E-state index contributed by atoms with van der Waals surface area (Å²) in [7, 11) is 0. The lowest BCUT2D eigenvalue weighted by Crippen LogP contribution is -2.79. The number of rotatable bonds is 5. The van der Waals surface area contributed by atoms with Crippen LogP contribution in [-0.4, -0.2) is 69.4 Å². The molecule has 4 heterocycles. The summed E-state index contributed by atoms with van der Waals surface area (Å²) in [6, 6.07) is 5.44. The quantitative estimate of drug-likeness (QED) is 0.279. The molecule has 3 saturated carbocycles. The Labute approximate surface area is 362 Å². The minimum absolute atomic E-state index is 0.0464. The summed E-state index contributed by atoms with van der Waals surface area (Å²) in [4.78, 5) is 9.23. The third kappa shape index (κ3) is 6.07. The fourth-order valence-corrected chi connectivity index (χ4v) is 17.1. The van der Waals surface area contributed by atoms with Crippen LogP contribution in [0.25, 0.3) is 0 Å². The largest absolute Gasteiger partial charge is 0.374 e.